The van der Waals surface area contributed by atoms with Crippen LogP contribution in [0.5, 0.6) is 0 Å². The van der Waals surface area contributed by atoms with E-state index in [4.69, 9.17) is 0 Å². The second-order valence-corrected chi connectivity index (χ2v) is 7.91. The topological polar surface area (TPSA) is 79.3 Å². The van der Waals surface area contributed by atoms with Crippen molar-refractivity contribution < 1.29 is 13.5 Å². The van der Waals surface area contributed by atoms with E-state index in [1.807, 2.05) is 5.38 Å². The molecule has 0 aliphatic rings. The lowest BCUT2D eigenvalue weighted by atomic mass is 10.4. The maximum atomic E-state index is 11.9. The third kappa shape index (κ3) is 4.36. The van der Waals surface area contributed by atoms with Crippen molar-refractivity contribution in [1.82, 2.24) is 10.3 Å². The molecule has 2 aromatic rings. The summed E-state index contributed by atoms with van der Waals surface area (Å²) in [5.41, 5.74) is 2.62. The zero-order chi connectivity index (χ0) is 13.7. The van der Waals surface area contributed by atoms with Crippen molar-refractivity contribution in [1.29, 1.82) is 0 Å². The summed E-state index contributed by atoms with van der Waals surface area (Å²) in [5, 5.41) is 16.4. The van der Waals surface area contributed by atoms with E-state index in [0.717, 1.165) is 5.69 Å². The number of thiophene rings is 1. The van der Waals surface area contributed by atoms with Gasteiger partial charge < -0.3 is 10.4 Å². The van der Waals surface area contributed by atoms with Gasteiger partial charge in [0.25, 0.3) is 0 Å². The van der Waals surface area contributed by atoms with E-state index < -0.39 is 15.9 Å². The Hall–Kier alpha value is -0.800. The molecule has 2 N–H and O–H groups in total. The average molecular weight is 318 g/mol. The fraction of sp³-hybridized carbons (Fsp3) is 0.364. The summed E-state index contributed by atoms with van der Waals surface area (Å²) in [7, 11) is -3.39. The molecule has 0 fully saturated rings. The van der Waals surface area contributed by atoms with Crippen LogP contribution in [-0.4, -0.2) is 36.9 Å². The van der Waals surface area contributed by atoms with Crippen LogP contribution in [0.2, 0.25) is 0 Å². The molecule has 0 radical (unpaired) electrons. The lowest BCUT2D eigenvalue weighted by Crippen LogP contribution is -2.32. The van der Waals surface area contributed by atoms with Crippen molar-refractivity contribution >= 4 is 32.5 Å². The van der Waals surface area contributed by atoms with E-state index in [9.17, 15) is 13.5 Å². The van der Waals surface area contributed by atoms with Crippen LogP contribution in [0.15, 0.2) is 32.6 Å². The lowest BCUT2D eigenvalue weighted by molar-refractivity contribution is 0.193. The SMILES string of the molecule is O=S(=O)(CC(O)CNCc1cscn1)c1cccs1. The van der Waals surface area contributed by atoms with E-state index in [0.29, 0.717) is 10.8 Å². The van der Waals surface area contributed by atoms with Crippen molar-refractivity contribution in [2.45, 2.75) is 16.9 Å². The molecule has 1 unspecified atom stereocenters. The predicted octanol–water partition coefficient (Wildman–Crippen LogP) is 1.13. The Bertz CT molecular complexity index is 579. The van der Waals surface area contributed by atoms with E-state index in [1.54, 1.807) is 23.0 Å². The first-order chi connectivity index (χ1) is 9.08. The first-order valence-electron chi connectivity index (χ1n) is 5.60. The number of aliphatic hydroxyl groups excluding tert-OH is 1. The zero-order valence-electron chi connectivity index (χ0n) is 10.0. The van der Waals surface area contributed by atoms with Crippen LogP contribution in [0.25, 0.3) is 0 Å². The fourth-order valence-corrected chi connectivity index (χ4v) is 4.57. The van der Waals surface area contributed by atoms with Crippen LogP contribution >= 0.6 is 22.7 Å². The van der Waals surface area contributed by atoms with E-state index in [1.165, 1.54) is 22.7 Å². The molecule has 0 aliphatic heterocycles. The minimum Gasteiger partial charge on any atom is -0.391 e. The monoisotopic (exact) mass is 318 g/mol. The minimum absolute atomic E-state index is 0.224. The Labute approximate surface area is 119 Å². The highest BCUT2D eigenvalue weighted by Crippen LogP contribution is 2.18. The van der Waals surface area contributed by atoms with Gasteiger partial charge in [-0.3, -0.25) is 0 Å². The van der Waals surface area contributed by atoms with Crippen LogP contribution in [0.1, 0.15) is 5.69 Å². The van der Waals surface area contributed by atoms with Gasteiger partial charge in [0, 0.05) is 18.5 Å². The number of thiazole rings is 1. The Morgan fingerprint density at radius 3 is 2.95 bits per heavy atom. The molecule has 19 heavy (non-hydrogen) atoms. The molecular weight excluding hydrogens is 304 g/mol. The molecule has 0 saturated carbocycles. The van der Waals surface area contributed by atoms with Gasteiger partial charge in [0.2, 0.25) is 0 Å². The summed E-state index contributed by atoms with van der Waals surface area (Å²) in [5.74, 6) is -0.266. The number of aromatic nitrogens is 1. The Morgan fingerprint density at radius 1 is 1.47 bits per heavy atom. The van der Waals surface area contributed by atoms with Gasteiger partial charge in [-0.25, -0.2) is 13.4 Å². The molecule has 0 spiro atoms. The van der Waals surface area contributed by atoms with Gasteiger partial charge in [-0.1, -0.05) is 6.07 Å². The number of rotatable bonds is 7. The molecule has 0 aromatic carbocycles. The van der Waals surface area contributed by atoms with Crippen molar-refractivity contribution in [3.05, 3.63) is 34.1 Å². The van der Waals surface area contributed by atoms with Crippen molar-refractivity contribution in [2.75, 3.05) is 12.3 Å². The van der Waals surface area contributed by atoms with Crippen molar-refractivity contribution in [3.8, 4) is 0 Å². The van der Waals surface area contributed by atoms with Gasteiger partial charge >= 0.3 is 0 Å². The summed E-state index contributed by atoms with van der Waals surface area (Å²) in [6.07, 6.45) is -0.925. The van der Waals surface area contributed by atoms with Gasteiger partial charge in [-0.05, 0) is 11.4 Å². The first kappa shape index (κ1) is 14.6. The molecule has 0 bridgehead atoms. The van der Waals surface area contributed by atoms with Crippen LogP contribution in [0, 0.1) is 0 Å². The lowest BCUT2D eigenvalue weighted by Gasteiger charge is -2.11. The molecule has 8 heteroatoms. The van der Waals surface area contributed by atoms with Crippen LogP contribution < -0.4 is 5.32 Å². The average Bonchev–Trinajstić information content (AvgIpc) is 3.01. The third-order valence-electron chi connectivity index (χ3n) is 2.38. The van der Waals surface area contributed by atoms with Gasteiger partial charge in [-0.15, -0.1) is 22.7 Å². The standard InChI is InChI=1S/C11H14N2O3S3/c14-10(5-12-4-9-6-17-8-13-9)7-19(15,16)11-2-1-3-18-11/h1-3,6,8,10,12,14H,4-5,7H2. The van der Waals surface area contributed by atoms with Crippen LogP contribution in [0.4, 0.5) is 0 Å². The van der Waals surface area contributed by atoms with E-state index in [2.05, 4.69) is 10.3 Å². The summed E-state index contributed by atoms with van der Waals surface area (Å²) in [6, 6.07) is 3.24. The summed E-state index contributed by atoms with van der Waals surface area (Å²) in [4.78, 5) is 4.09. The van der Waals surface area contributed by atoms with E-state index in [-0.39, 0.29) is 12.3 Å². The van der Waals surface area contributed by atoms with Crippen LogP contribution in [0.3, 0.4) is 0 Å². The van der Waals surface area contributed by atoms with Gasteiger partial charge in [0.1, 0.15) is 4.21 Å². The Morgan fingerprint density at radius 2 is 2.32 bits per heavy atom. The van der Waals surface area contributed by atoms with Gasteiger partial charge in [0.05, 0.1) is 23.1 Å². The maximum absolute atomic E-state index is 11.9. The van der Waals surface area contributed by atoms with Crippen LogP contribution in [-0.2, 0) is 16.4 Å². The number of aliphatic hydroxyl groups is 1. The molecule has 2 rings (SSSR count). The molecule has 104 valence electrons. The highest BCUT2D eigenvalue weighted by Gasteiger charge is 2.20. The smallest absolute Gasteiger partial charge is 0.190 e. The molecule has 1 atom stereocenters. The van der Waals surface area contributed by atoms with Crippen molar-refractivity contribution in [3.63, 3.8) is 0 Å². The number of nitrogens with one attached hydrogen (secondary N) is 1. The molecule has 0 amide bonds. The summed E-state index contributed by atoms with van der Waals surface area (Å²) < 4.78 is 24.1. The van der Waals surface area contributed by atoms with Gasteiger partial charge in [0.15, 0.2) is 9.84 Å². The third-order valence-corrected chi connectivity index (χ3v) is 6.30. The number of nitrogens with zero attached hydrogens (tertiary/aromatic N) is 1. The normalized spacial score (nSPS) is 13.5. The Kier molecular flexibility index (Phi) is 5.06. The number of sulfone groups is 1. The summed E-state index contributed by atoms with van der Waals surface area (Å²) in [6.45, 7) is 0.752. The van der Waals surface area contributed by atoms with E-state index >= 15 is 0 Å². The second-order valence-electron chi connectivity index (χ2n) is 3.98. The molecule has 2 aromatic heterocycles. The highest BCUT2D eigenvalue weighted by atomic mass is 32.2. The molecular formula is C11H14N2O3S3. The molecule has 0 saturated heterocycles. The second kappa shape index (κ2) is 6.58. The first-order valence-corrected chi connectivity index (χ1v) is 9.07. The molecule has 2 heterocycles. The van der Waals surface area contributed by atoms with Gasteiger partial charge in [-0.2, -0.15) is 0 Å². The fourth-order valence-electron chi connectivity index (χ4n) is 1.53. The molecule has 5 nitrogen and oxygen atoms in total. The minimum atomic E-state index is -3.39. The quantitative estimate of drug-likeness (QED) is 0.800. The molecule has 0 aliphatic carbocycles. The highest BCUT2D eigenvalue weighted by molar-refractivity contribution is 7.93. The zero-order valence-corrected chi connectivity index (χ0v) is 12.5. The summed E-state index contributed by atoms with van der Waals surface area (Å²) >= 11 is 2.66. The number of hydrogen-bond donors (Lipinski definition) is 2. The largest absolute Gasteiger partial charge is 0.391 e. The maximum Gasteiger partial charge on any atom is 0.190 e. The predicted molar refractivity (Wildman–Crippen MR) is 76.2 cm³/mol. The van der Waals surface area contributed by atoms with Crippen molar-refractivity contribution in [2.24, 2.45) is 0 Å². The number of hydrogen-bond acceptors (Lipinski definition) is 7. The Balaban J connectivity index is 1.79.